The largest absolute Gasteiger partial charge is 0.491 e. The van der Waals surface area contributed by atoms with E-state index in [4.69, 9.17) is 9.72 Å². The number of aryl methyl sites for hydroxylation is 3. The van der Waals surface area contributed by atoms with Crippen molar-refractivity contribution in [1.29, 1.82) is 0 Å². The van der Waals surface area contributed by atoms with Gasteiger partial charge in [-0.3, -0.25) is 4.79 Å². The smallest absolute Gasteiger partial charge is 0.227 e. The first kappa shape index (κ1) is 23.1. The van der Waals surface area contributed by atoms with E-state index in [1.807, 2.05) is 85.5 Å². The van der Waals surface area contributed by atoms with Crippen molar-refractivity contribution in [2.45, 2.75) is 45.8 Å². The third-order valence-corrected chi connectivity index (χ3v) is 6.80. The van der Waals surface area contributed by atoms with Crippen LogP contribution in [-0.2, 0) is 11.3 Å². The number of benzene rings is 3. The Labute approximate surface area is 205 Å². The van der Waals surface area contributed by atoms with E-state index in [-0.39, 0.29) is 18.4 Å². The standard InChI is InChI=1S/C29H31N3O3/c1-19-7-6-8-23(13-19)31-16-22(15-28(31)34)29-30-26-9-4-5-10-27(26)32(29)17-24(33)18-35-25-12-11-20(2)21(3)14-25/h4-14,22,24,33H,15-18H2,1-3H3. The van der Waals surface area contributed by atoms with Crippen molar-refractivity contribution in [2.24, 2.45) is 0 Å². The van der Waals surface area contributed by atoms with E-state index < -0.39 is 6.10 Å². The van der Waals surface area contributed by atoms with Crippen molar-refractivity contribution in [3.63, 3.8) is 0 Å². The molecule has 0 aliphatic carbocycles. The predicted octanol–water partition coefficient (Wildman–Crippen LogP) is 4.92. The van der Waals surface area contributed by atoms with Gasteiger partial charge in [0, 0.05) is 24.6 Å². The zero-order valence-electron chi connectivity index (χ0n) is 20.4. The third kappa shape index (κ3) is 4.80. The first-order valence-electron chi connectivity index (χ1n) is 12.1. The summed E-state index contributed by atoms with van der Waals surface area (Å²) in [6.45, 7) is 7.23. The number of amides is 1. The molecule has 1 fully saturated rings. The molecule has 5 rings (SSSR count). The molecular formula is C29H31N3O3. The molecule has 180 valence electrons. The zero-order chi connectivity index (χ0) is 24.5. The van der Waals surface area contributed by atoms with Crippen molar-refractivity contribution in [2.75, 3.05) is 18.1 Å². The van der Waals surface area contributed by atoms with Gasteiger partial charge in [0.2, 0.25) is 5.91 Å². The molecule has 1 aromatic heterocycles. The molecule has 35 heavy (non-hydrogen) atoms. The van der Waals surface area contributed by atoms with Gasteiger partial charge in [-0.05, 0) is 73.9 Å². The van der Waals surface area contributed by atoms with Gasteiger partial charge in [0.1, 0.15) is 24.3 Å². The van der Waals surface area contributed by atoms with Crippen LogP contribution in [0.15, 0.2) is 66.7 Å². The Morgan fingerprint density at radius 2 is 1.86 bits per heavy atom. The summed E-state index contributed by atoms with van der Waals surface area (Å²) in [6, 6.07) is 21.9. The lowest BCUT2D eigenvalue weighted by atomic mass is 10.1. The summed E-state index contributed by atoms with van der Waals surface area (Å²) in [6.07, 6.45) is -0.329. The maximum atomic E-state index is 12.9. The van der Waals surface area contributed by atoms with Crippen molar-refractivity contribution >= 4 is 22.6 Å². The molecule has 1 amide bonds. The Kier molecular flexibility index (Phi) is 6.31. The number of carbonyl (C=O) groups excluding carboxylic acids is 1. The van der Waals surface area contributed by atoms with E-state index in [1.54, 1.807) is 0 Å². The van der Waals surface area contributed by atoms with Crippen molar-refractivity contribution in [3.8, 4) is 5.75 Å². The zero-order valence-corrected chi connectivity index (χ0v) is 20.4. The van der Waals surface area contributed by atoms with Crippen LogP contribution in [0.1, 0.15) is 34.9 Å². The van der Waals surface area contributed by atoms with E-state index in [9.17, 15) is 9.90 Å². The predicted molar refractivity (Wildman–Crippen MR) is 138 cm³/mol. The average molecular weight is 470 g/mol. The molecule has 3 aromatic carbocycles. The third-order valence-electron chi connectivity index (χ3n) is 6.80. The molecule has 4 aromatic rings. The highest BCUT2D eigenvalue weighted by molar-refractivity contribution is 5.96. The minimum Gasteiger partial charge on any atom is -0.491 e. The van der Waals surface area contributed by atoms with E-state index in [0.29, 0.717) is 19.5 Å². The Hall–Kier alpha value is -3.64. The fraction of sp³-hybridized carbons (Fsp3) is 0.310. The van der Waals surface area contributed by atoms with Crippen LogP contribution < -0.4 is 9.64 Å². The van der Waals surface area contributed by atoms with Gasteiger partial charge in [-0.2, -0.15) is 0 Å². The Morgan fingerprint density at radius 3 is 2.66 bits per heavy atom. The summed E-state index contributed by atoms with van der Waals surface area (Å²) in [5, 5.41) is 10.9. The van der Waals surface area contributed by atoms with Gasteiger partial charge in [-0.15, -0.1) is 0 Å². The average Bonchev–Trinajstić information content (AvgIpc) is 3.40. The van der Waals surface area contributed by atoms with Crippen LogP contribution in [0.2, 0.25) is 0 Å². The molecule has 1 saturated heterocycles. The summed E-state index contributed by atoms with van der Waals surface area (Å²) < 4.78 is 7.94. The Balaban J connectivity index is 1.37. The van der Waals surface area contributed by atoms with Crippen molar-refractivity contribution in [1.82, 2.24) is 9.55 Å². The second-order valence-electron chi connectivity index (χ2n) is 9.52. The minimum absolute atomic E-state index is 0.0525. The van der Waals surface area contributed by atoms with E-state index in [1.165, 1.54) is 5.56 Å². The highest BCUT2D eigenvalue weighted by Gasteiger charge is 2.35. The fourth-order valence-electron chi connectivity index (χ4n) is 4.78. The summed E-state index contributed by atoms with van der Waals surface area (Å²) in [5.74, 6) is 1.62. The van der Waals surface area contributed by atoms with Crippen LogP contribution in [0.3, 0.4) is 0 Å². The molecule has 6 nitrogen and oxygen atoms in total. The number of para-hydroxylation sites is 2. The number of aromatic nitrogens is 2. The highest BCUT2D eigenvalue weighted by atomic mass is 16.5. The number of nitrogens with zero attached hydrogens (tertiary/aromatic N) is 3. The molecule has 2 heterocycles. The number of aliphatic hydroxyl groups is 1. The lowest BCUT2D eigenvalue weighted by Crippen LogP contribution is -2.26. The normalized spacial score (nSPS) is 16.7. The monoisotopic (exact) mass is 469 g/mol. The number of ether oxygens (including phenoxy) is 1. The molecule has 1 aliphatic rings. The maximum absolute atomic E-state index is 12.9. The highest BCUT2D eigenvalue weighted by Crippen LogP contribution is 2.33. The van der Waals surface area contributed by atoms with Crippen molar-refractivity contribution in [3.05, 3.63) is 89.2 Å². The summed E-state index contributed by atoms with van der Waals surface area (Å²) >= 11 is 0. The maximum Gasteiger partial charge on any atom is 0.227 e. The Morgan fingerprint density at radius 1 is 1.03 bits per heavy atom. The van der Waals surface area contributed by atoms with Gasteiger partial charge >= 0.3 is 0 Å². The number of carbonyl (C=O) groups is 1. The van der Waals surface area contributed by atoms with Gasteiger partial charge in [-0.25, -0.2) is 4.98 Å². The number of anilines is 1. The summed E-state index contributed by atoms with van der Waals surface area (Å²) in [5.41, 5.74) is 6.22. The molecule has 2 unspecified atom stereocenters. The SMILES string of the molecule is Cc1cccc(N2CC(c3nc4ccccc4n3CC(O)COc3ccc(C)c(C)c3)CC2=O)c1. The van der Waals surface area contributed by atoms with Gasteiger partial charge in [0.15, 0.2) is 0 Å². The first-order chi connectivity index (χ1) is 16.9. The second-order valence-corrected chi connectivity index (χ2v) is 9.52. The van der Waals surface area contributed by atoms with E-state index >= 15 is 0 Å². The molecule has 6 heteroatoms. The molecule has 0 spiro atoms. The van der Waals surface area contributed by atoms with Crippen molar-refractivity contribution < 1.29 is 14.6 Å². The lowest BCUT2D eigenvalue weighted by Gasteiger charge is -2.19. The molecule has 2 atom stereocenters. The number of hydrogen-bond donors (Lipinski definition) is 1. The van der Waals surface area contributed by atoms with Gasteiger partial charge < -0.3 is 19.3 Å². The van der Waals surface area contributed by atoms with Crippen LogP contribution in [-0.4, -0.2) is 39.8 Å². The van der Waals surface area contributed by atoms with Gasteiger partial charge in [0.05, 0.1) is 17.6 Å². The minimum atomic E-state index is -0.724. The molecule has 1 aliphatic heterocycles. The molecule has 0 radical (unpaired) electrons. The Bertz CT molecular complexity index is 1380. The van der Waals surface area contributed by atoms with Crippen LogP contribution >= 0.6 is 0 Å². The quantitative estimate of drug-likeness (QED) is 0.417. The summed E-state index contributed by atoms with van der Waals surface area (Å²) in [7, 11) is 0. The number of rotatable bonds is 7. The lowest BCUT2D eigenvalue weighted by molar-refractivity contribution is -0.117. The van der Waals surface area contributed by atoms with Crippen LogP contribution in [0.25, 0.3) is 11.0 Å². The second kappa shape index (κ2) is 9.55. The topological polar surface area (TPSA) is 67.6 Å². The number of imidazole rings is 1. The number of aliphatic hydroxyl groups excluding tert-OH is 1. The van der Waals surface area contributed by atoms with E-state index in [0.717, 1.165) is 39.4 Å². The summed E-state index contributed by atoms with van der Waals surface area (Å²) in [4.78, 5) is 19.7. The molecule has 0 bridgehead atoms. The number of hydrogen-bond acceptors (Lipinski definition) is 4. The molecule has 0 saturated carbocycles. The number of fused-ring (bicyclic) bond motifs is 1. The molecular weight excluding hydrogens is 438 g/mol. The van der Waals surface area contributed by atoms with E-state index in [2.05, 4.69) is 11.5 Å². The van der Waals surface area contributed by atoms with Crippen LogP contribution in [0.5, 0.6) is 5.75 Å². The van der Waals surface area contributed by atoms with Crippen LogP contribution in [0, 0.1) is 20.8 Å². The van der Waals surface area contributed by atoms with Gasteiger partial charge in [-0.1, -0.05) is 30.3 Å². The fourth-order valence-corrected chi connectivity index (χ4v) is 4.78. The van der Waals surface area contributed by atoms with Gasteiger partial charge in [0.25, 0.3) is 0 Å². The first-order valence-corrected chi connectivity index (χ1v) is 12.1. The van der Waals surface area contributed by atoms with Crippen LogP contribution in [0.4, 0.5) is 5.69 Å². The molecule has 1 N–H and O–H groups in total.